The van der Waals surface area contributed by atoms with Crippen molar-refractivity contribution in [3.8, 4) is 11.5 Å². The lowest BCUT2D eigenvalue weighted by molar-refractivity contribution is -0.133. The topological polar surface area (TPSA) is 105 Å². The van der Waals surface area contributed by atoms with Crippen LogP contribution in [0.15, 0.2) is 107 Å². The molecule has 4 aromatic carbocycles. The molecule has 0 spiro atoms. The maximum Gasteiger partial charge on any atom is 0.289 e. The van der Waals surface area contributed by atoms with E-state index < -0.39 is 24.3 Å². The Balaban J connectivity index is 1.37. The quantitative estimate of drug-likeness (QED) is 0.119. The average molecular weight is 605 g/mol. The van der Waals surface area contributed by atoms with E-state index in [1.807, 2.05) is 97.9 Å². The molecule has 0 unspecified atom stereocenters. The number of allylic oxidation sites excluding steroid dienone is 1. The predicted octanol–water partition coefficient (Wildman–Crippen LogP) is 7.53. The first-order chi connectivity index (χ1) is 21.9. The van der Waals surface area contributed by atoms with Crippen molar-refractivity contribution in [1.29, 1.82) is 0 Å². The van der Waals surface area contributed by atoms with Crippen LogP contribution in [0, 0.1) is 0 Å². The second-order valence-electron chi connectivity index (χ2n) is 11.2. The molecule has 6 rings (SSSR count). The zero-order chi connectivity index (χ0) is 31.3. The molecule has 2 heterocycles. The van der Waals surface area contributed by atoms with E-state index in [4.69, 9.17) is 13.9 Å². The molecule has 8 heteroatoms. The normalized spacial score (nSPS) is 14.6. The van der Waals surface area contributed by atoms with Crippen LogP contribution in [0.2, 0.25) is 0 Å². The molecule has 5 aromatic rings. The van der Waals surface area contributed by atoms with E-state index in [1.54, 1.807) is 11.8 Å². The Morgan fingerprint density at radius 3 is 2.56 bits per heavy atom. The standard InChI is InChI=1S/C37H36N2O6/c1-3-26(22-40)36(41)37(42)39(21-25-15-16-27-9-4-5-10-28(27)19-25)24(2)30(29-17-18-33-34(20-29)44-23-43-33)11-8-14-35-38-31-12-6-7-13-32(31)45-35/h4-10,12-20,24,30,40-41H,3,11,21-23H2,1-2H3/b14-8+,36-26?/t24-,30+/m1/s1. The van der Waals surface area contributed by atoms with Crippen LogP contribution in [-0.4, -0.2) is 45.4 Å². The smallest absolute Gasteiger partial charge is 0.289 e. The van der Waals surface area contributed by atoms with Crippen LogP contribution < -0.4 is 9.47 Å². The van der Waals surface area contributed by atoms with Gasteiger partial charge < -0.3 is 29.0 Å². The summed E-state index contributed by atoms with van der Waals surface area (Å²) in [6.45, 7) is 3.80. The van der Waals surface area contributed by atoms with Crippen LogP contribution in [0.1, 0.15) is 49.6 Å². The number of amides is 1. The average Bonchev–Trinajstić information content (AvgIpc) is 3.72. The monoisotopic (exact) mass is 604 g/mol. The zero-order valence-corrected chi connectivity index (χ0v) is 25.3. The van der Waals surface area contributed by atoms with Crippen LogP contribution >= 0.6 is 0 Å². The zero-order valence-electron chi connectivity index (χ0n) is 25.3. The minimum Gasteiger partial charge on any atom is -0.503 e. The van der Waals surface area contributed by atoms with Crippen LogP contribution in [0.3, 0.4) is 0 Å². The van der Waals surface area contributed by atoms with Crippen molar-refractivity contribution >= 4 is 33.9 Å². The van der Waals surface area contributed by atoms with E-state index in [0.29, 0.717) is 41.4 Å². The molecule has 230 valence electrons. The Kier molecular flexibility index (Phi) is 8.84. The molecule has 2 atom stereocenters. The highest BCUT2D eigenvalue weighted by Crippen LogP contribution is 2.38. The molecule has 1 aliphatic heterocycles. The highest BCUT2D eigenvalue weighted by Gasteiger charge is 2.32. The van der Waals surface area contributed by atoms with E-state index >= 15 is 0 Å². The first-order valence-electron chi connectivity index (χ1n) is 15.2. The van der Waals surface area contributed by atoms with E-state index in [1.165, 1.54) is 0 Å². The molecule has 1 aliphatic rings. The van der Waals surface area contributed by atoms with E-state index in [-0.39, 0.29) is 19.3 Å². The van der Waals surface area contributed by atoms with Gasteiger partial charge in [-0.15, -0.1) is 0 Å². The summed E-state index contributed by atoms with van der Waals surface area (Å²) in [5.74, 6) is 0.656. The maximum absolute atomic E-state index is 14.0. The van der Waals surface area contributed by atoms with Gasteiger partial charge in [0.2, 0.25) is 12.7 Å². The maximum atomic E-state index is 14.0. The first kappa shape index (κ1) is 30.0. The summed E-state index contributed by atoms with van der Waals surface area (Å²) < 4.78 is 17.2. The molecule has 8 nitrogen and oxygen atoms in total. The minimum atomic E-state index is -0.532. The number of benzene rings is 4. The molecule has 1 amide bonds. The molecule has 2 N–H and O–H groups in total. The molecular formula is C37H36N2O6. The van der Waals surface area contributed by atoms with Crippen LogP contribution in [0.25, 0.3) is 27.9 Å². The van der Waals surface area contributed by atoms with E-state index in [2.05, 4.69) is 11.1 Å². The van der Waals surface area contributed by atoms with Crippen molar-refractivity contribution in [3.05, 3.63) is 119 Å². The minimum absolute atomic E-state index is 0.156. The summed E-state index contributed by atoms with van der Waals surface area (Å²) in [7, 11) is 0. The number of hydrogen-bond acceptors (Lipinski definition) is 7. The summed E-state index contributed by atoms with van der Waals surface area (Å²) in [4.78, 5) is 20.3. The number of carbonyl (C=O) groups excluding carboxylic acids is 1. The first-order valence-corrected chi connectivity index (χ1v) is 15.2. The summed E-state index contributed by atoms with van der Waals surface area (Å²) >= 11 is 0. The largest absolute Gasteiger partial charge is 0.503 e. The lowest BCUT2D eigenvalue weighted by atomic mass is 9.87. The van der Waals surface area contributed by atoms with Crippen molar-refractivity contribution in [1.82, 2.24) is 9.88 Å². The molecule has 0 aliphatic carbocycles. The fraction of sp³-hybridized carbons (Fsp3) is 0.243. The number of oxazole rings is 1. The molecule has 0 bridgehead atoms. The molecule has 1 aromatic heterocycles. The van der Waals surface area contributed by atoms with Gasteiger partial charge in [-0.1, -0.05) is 67.6 Å². The predicted molar refractivity (Wildman–Crippen MR) is 174 cm³/mol. The summed E-state index contributed by atoms with van der Waals surface area (Å²) in [6, 6.07) is 27.2. The SMILES string of the molecule is CCC(CO)=C(O)C(=O)N(Cc1ccc2ccccc2c1)[C@H](C)[C@H](C/C=C/c1nc2ccccc2o1)c1ccc2c(c1)OCO2. The van der Waals surface area contributed by atoms with Crippen molar-refractivity contribution in [2.24, 2.45) is 0 Å². The van der Waals surface area contributed by atoms with Crippen molar-refractivity contribution in [2.45, 2.75) is 45.2 Å². The summed E-state index contributed by atoms with van der Waals surface area (Å²) in [5.41, 5.74) is 3.67. The third kappa shape index (κ3) is 6.42. The summed E-state index contributed by atoms with van der Waals surface area (Å²) in [6.07, 6.45) is 4.73. The highest BCUT2D eigenvalue weighted by atomic mass is 16.7. The molecular weight excluding hydrogens is 568 g/mol. The number of nitrogens with zero attached hydrogens (tertiary/aromatic N) is 2. The molecule has 45 heavy (non-hydrogen) atoms. The van der Waals surface area contributed by atoms with Gasteiger partial charge in [-0.2, -0.15) is 0 Å². The summed E-state index contributed by atoms with van der Waals surface area (Å²) in [5, 5.41) is 23.1. The number of fused-ring (bicyclic) bond motifs is 3. The van der Waals surface area contributed by atoms with Gasteiger partial charge in [-0.3, -0.25) is 4.79 Å². The Morgan fingerprint density at radius 1 is 0.978 bits per heavy atom. The van der Waals surface area contributed by atoms with Gasteiger partial charge in [-0.25, -0.2) is 4.98 Å². The van der Waals surface area contributed by atoms with Crippen LogP contribution in [0.4, 0.5) is 0 Å². The van der Waals surface area contributed by atoms with E-state index in [9.17, 15) is 15.0 Å². The van der Waals surface area contributed by atoms with Gasteiger partial charge in [0, 0.05) is 24.1 Å². The number of aromatic nitrogens is 1. The number of para-hydroxylation sites is 2. The third-order valence-electron chi connectivity index (χ3n) is 8.44. The highest BCUT2D eigenvalue weighted by molar-refractivity contribution is 5.92. The number of carbonyl (C=O) groups is 1. The Hall–Kier alpha value is -5.08. The van der Waals surface area contributed by atoms with Gasteiger partial charge in [0.1, 0.15) is 5.52 Å². The lowest BCUT2D eigenvalue weighted by Crippen LogP contribution is -2.42. The van der Waals surface area contributed by atoms with Gasteiger partial charge in [0.25, 0.3) is 5.91 Å². The van der Waals surface area contributed by atoms with Gasteiger partial charge in [0.05, 0.1) is 6.61 Å². The number of rotatable bonds is 11. The second kappa shape index (κ2) is 13.3. The van der Waals surface area contributed by atoms with Crippen molar-refractivity contribution in [2.75, 3.05) is 13.4 Å². The van der Waals surface area contributed by atoms with E-state index in [0.717, 1.165) is 27.4 Å². The number of ether oxygens (including phenoxy) is 2. The number of aliphatic hydroxyl groups excluding tert-OH is 2. The lowest BCUT2D eigenvalue weighted by Gasteiger charge is -2.35. The van der Waals surface area contributed by atoms with Gasteiger partial charge >= 0.3 is 0 Å². The van der Waals surface area contributed by atoms with Crippen LogP contribution in [0.5, 0.6) is 11.5 Å². The fourth-order valence-electron chi connectivity index (χ4n) is 5.83. The van der Waals surface area contributed by atoms with Crippen molar-refractivity contribution < 1.29 is 28.9 Å². The molecule has 0 saturated heterocycles. The molecule has 0 saturated carbocycles. The van der Waals surface area contributed by atoms with Gasteiger partial charge in [-0.05, 0) is 78.1 Å². The molecule has 0 fully saturated rings. The van der Waals surface area contributed by atoms with Crippen molar-refractivity contribution in [3.63, 3.8) is 0 Å². The number of hydrogen-bond donors (Lipinski definition) is 2. The Labute approximate surface area is 261 Å². The Bertz CT molecular complexity index is 1850. The fourth-order valence-corrected chi connectivity index (χ4v) is 5.83. The third-order valence-corrected chi connectivity index (χ3v) is 8.44. The molecule has 0 radical (unpaired) electrons. The second-order valence-corrected chi connectivity index (χ2v) is 11.2. The Morgan fingerprint density at radius 2 is 1.76 bits per heavy atom. The van der Waals surface area contributed by atoms with Gasteiger partial charge in [0.15, 0.2) is 22.8 Å². The number of aliphatic hydroxyl groups is 2. The van der Waals surface area contributed by atoms with Crippen LogP contribution in [-0.2, 0) is 11.3 Å².